The smallest absolute Gasteiger partial charge is 0.119 e. The predicted molar refractivity (Wildman–Crippen MR) is 70.8 cm³/mol. The van der Waals surface area contributed by atoms with Crippen LogP contribution < -0.4 is 4.74 Å². The second-order valence-electron chi connectivity index (χ2n) is 4.31. The molecule has 0 amide bonds. The van der Waals surface area contributed by atoms with Crippen molar-refractivity contribution in [2.75, 3.05) is 6.61 Å². The number of hydrogen-bond acceptors (Lipinski definition) is 3. The van der Waals surface area contributed by atoms with Gasteiger partial charge in [-0.25, -0.2) is 4.68 Å². The summed E-state index contributed by atoms with van der Waals surface area (Å²) in [7, 11) is 0. The zero-order valence-corrected chi connectivity index (χ0v) is 11.2. The number of aromatic nitrogens is 3. The normalized spacial score (nSPS) is 10.6. The molecule has 2 aromatic rings. The molecule has 0 fully saturated rings. The van der Waals surface area contributed by atoms with Crippen molar-refractivity contribution in [3.8, 4) is 5.75 Å². The fourth-order valence-corrected chi connectivity index (χ4v) is 1.81. The number of nitrogens with zero attached hydrogens (tertiary/aromatic N) is 3. The Kier molecular flexibility index (Phi) is 3.97. The lowest BCUT2D eigenvalue weighted by Crippen LogP contribution is -2.05. The lowest BCUT2D eigenvalue weighted by molar-refractivity contribution is 0.340. The summed E-state index contributed by atoms with van der Waals surface area (Å²) in [5, 5.41) is 8.18. The maximum atomic E-state index is 5.42. The van der Waals surface area contributed by atoms with Crippen LogP contribution in [-0.2, 0) is 13.0 Å². The molecule has 0 aliphatic carbocycles. The van der Waals surface area contributed by atoms with Gasteiger partial charge in [0, 0.05) is 6.54 Å². The topological polar surface area (TPSA) is 39.9 Å². The highest BCUT2D eigenvalue weighted by molar-refractivity contribution is 5.27. The molecule has 4 nitrogen and oxygen atoms in total. The van der Waals surface area contributed by atoms with E-state index < -0.39 is 0 Å². The summed E-state index contributed by atoms with van der Waals surface area (Å²) in [6.45, 7) is 7.59. The van der Waals surface area contributed by atoms with E-state index in [0.717, 1.165) is 30.1 Å². The standard InChI is InChI=1S/C14H19N3O/c1-4-18-14-7-5-13(6-8-14)9-10-17-12(3)11(2)15-16-17/h5-8H,4,9-10H2,1-3H3. The van der Waals surface area contributed by atoms with Crippen LogP contribution in [0, 0.1) is 13.8 Å². The van der Waals surface area contributed by atoms with E-state index in [9.17, 15) is 0 Å². The molecule has 18 heavy (non-hydrogen) atoms. The molecule has 1 aromatic heterocycles. The summed E-state index contributed by atoms with van der Waals surface area (Å²) in [6, 6.07) is 8.23. The van der Waals surface area contributed by atoms with Gasteiger partial charge in [-0.1, -0.05) is 17.3 Å². The SMILES string of the molecule is CCOc1ccc(CCn2nnc(C)c2C)cc1. The third kappa shape index (κ3) is 2.88. The van der Waals surface area contributed by atoms with Crippen molar-refractivity contribution < 1.29 is 4.74 Å². The Labute approximate surface area is 108 Å². The fourth-order valence-electron chi connectivity index (χ4n) is 1.81. The van der Waals surface area contributed by atoms with Gasteiger partial charge in [-0.05, 0) is 44.9 Å². The van der Waals surface area contributed by atoms with Crippen LogP contribution in [-0.4, -0.2) is 21.6 Å². The molecule has 0 aliphatic rings. The highest BCUT2D eigenvalue weighted by Crippen LogP contribution is 2.13. The maximum Gasteiger partial charge on any atom is 0.119 e. The quantitative estimate of drug-likeness (QED) is 0.812. The van der Waals surface area contributed by atoms with Gasteiger partial charge in [-0.15, -0.1) is 5.10 Å². The first-order valence-electron chi connectivity index (χ1n) is 6.29. The second-order valence-corrected chi connectivity index (χ2v) is 4.31. The van der Waals surface area contributed by atoms with E-state index in [2.05, 4.69) is 22.4 Å². The molecule has 0 saturated carbocycles. The number of rotatable bonds is 5. The highest BCUT2D eigenvalue weighted by atomic mass is 16.5. The average molecular weight is 245 g/mol. The Morgan fingerprint density at radius 2 is 1.89 bits per heavy atom. The first-order valence-corrected chi connectivity index (χ1v) is 6.29. The summed E-state index contributed by atoms with van der Waals surface area (Å²) in [6.07, 6.45) is 0.954. The van der Waals surface area contributed by atoms with Crippen LogP contribution in [0.2, 0.25) is 0 Å². The number of benzene rings is 1. The molecule has 4 heteroatoms. The van der Waals surface area contributed by atoms with E-state index in [1.165, 1.54) is 5.56 Å². The number of hydrogen-bond donors (Lipinski definition) is 0. The summed E-state index contributed by atoms with van der Waals surface area (Å²) < 4.78 is 7.37. The Bertz CT molecular complexity index is 502. The van der Waals surface area contributed by atoms with Crippen LogP contribution in [0.1, 0.15) is 23.9 Å². The van der Waals surface area contributed by atoms with Gasteiger partial charge in [-0.2, -0.15) is 0 Å². The molecule has 0 bridgehead atoms. The first kappa shape index (κ1) is 12.6. The van der Waals surface area contributed by atoms with Crippen molar-refractivity contribution in [1.29, 1.82) is 0 Å². The average Bonchev–Trinajstić information content (AvgIpc) is 2.70. The highest BCUT2D eigenvalue weighted by Gasteiger charge is 2.03. The molecule has 2 rings (SSSR count). The number of aryl methyl sites for hydroxylation is 3. The van der Waals surface area contributed by atoms with Gasteiger partial charge < -0.3 is 4.74 Å². The van der Waals surface area contributed by atoms with E-state index in [4.69, 9.17) is 4.74 Å². The molecule has 0 spiro atoms. The Morgan fingerprint density at radius 1 is 1.17 bits per heavy atom. The van der Waals surface area contributed by atoms with E-state index in [1.807, 2.05) is 37.6 Å². The van der Waals surface area contributed by atoms with E-state index in [1.54, 1.807) is 0 Å². The fraction of sp³-hybridized carbons (Fsp3) is 0.429. The Hall–Kier alpha value is -1.84. The summed E-state index contributed by atoms with van der Waals surface area (Å²) in [5.41, 5.74) is 3.42. The summed E-state index contributed by atoms with van der Waals surface area (Å²) in [4.78, 5) is 0. The number of ether oxygens (including phenoxy) is 1. The molecule has 96 valence electrons. The molecular formula is C14H19N3O. The van der Waals surface area contributed by atoms with Crippen molar-refractivity contribution in [3.63, 3.8) is 0 Å². The third-order valence-corrected chi connectivity index (χ3v) is 3.06. The van der Waals surface area contributed by atoms with Crippen LogP contribution in [0.4, 0.5) is 0 Å². The van der Waals surface area contributed by atoms with Gasteiger partial charge in [0.2, 0.25) is 0 Å². The molecule has 0 aliphatic heterocycles. The van der Waals surface area contributed by atoms with Crippen molar-refractivity contribution in [2.45, 2.75) is 33.7 Å². The molecule has 0 radical (unpaired) electrons. The molecule has 0 N–H and O–H groups in total. The van der Waals surface area contributed by atoms with Gasteiger partial charge in [0.25, 0.3) is 0 Å². The summed E-state index contributed by atoms with van der Waals surface area (Å²) in [5.74, 6) is 0.925. The van der Waals surface area contributed by atoms with Gasteiger partial charge in [-0.3, -0.25) is 0 Å². The molecule has 1 aromatic carbocycles. The third-order valence-electron chi connectivity index (χ3n) is 3.06. The van der Waals surface area contributed by atoms with Crippen molar-refractivity contribution >= 4 is 0 Å². The van der Waals surface area contributed by atoms with Crippen LogP contribution in [0.15, 0.2) is 24.3 Å². The monoisotopic (exact) mass is 245 g/mol. The lowest BCUT2D eigenvalue weighted by atomic mass is 10.1. The van der Waals surface area contributed by atoms with Crippen molar-refractivity contribution in [1.82, 2.24) is 15.0 Å². The van der Waals surface area contributed by atoms with E-state index >= 15 is 0 Å². The van der Waals surface area contributed by atoms with Crippen LogP contribution in [0.5, 0.6) is 5.75 Å². The Balaban J connectivity index is 1.96. The van der Waals surface area contributed by atoms with Gasteiger partial charge in [0.05, 0.1) is 18.0 Å². The van der Waals surface area contributed by atoms with Crippen molar-refractivity contribution in [3.05, 3.63) is 41.2 Å². The van der Waals surface area contributed by atoms with Gasteiger partial charge in [0.1, 0.15) is 5.75 Å². The van der Waals surface area contributed by atoms with Gasteiger partial charge >= 0.3 is 0 Å². The zero-order chi connectivity index (χ0) is 13.0. The molecule has 0 saturated heterocycles. The molecule has 1 heterocycles. The predicted octanol–water partition coefficient (Wildman–Crippen LogP) is 2.54. The van der Waals surface area contributed by atoms with Gasteiger partial charge in [0.15, 0.2) is 0 Å². The Morgan fingerprint density at radius 3 is 2.44 bits per heavy atom. The second kappa shape index (κ2) is 5.67. The van der Waals surface area contributed by atoms with Crippen LogP contribution >= 0.6 is 0 Å². The molecule has 0 unspecified atom stereocenters. The molecule has 0 atom stereocenters. The van der Waals surface area contributed by atoms with E-state index in [-0.39, 0.29) is 0 Å². The van der Waals surface area contributed by atoms with Crippen molar-refractivity contribution in [2.24, 2.45) is 0 Å². The van der Waals surface area contributed by atoms with Crippen LogP contribution in [0.25, 0.3) is 0 Å². The largest absolute Gasteiger partial charge is 0.494 e. The molecular weight excluding hydrogens is 226 g/mol. The van der Waals surface area contributed by atoms with Crippen LogP contribution in [0.3, 0.4) is 0 Å². The maximum absolute atomic E-state index is 5.42. The minimum Gasteiger partial charge on any atom is -0.494 e. The minimum absolute atomic E-state index is 0.705. The summed E-state index contributed by atoms with van der Waals surface area (Å²) >= 11 is 0. The first-order chi connectivity index (χ1) is 8.70. The zero-order valence-electron chi connectivity index (χ0n) is 11.2. The van der Waals surface area contributed by atoms with E-state index in [0.29, 0.717) is 6.61 Å². The minimum atomic E-state index is 0.705. The lowest BCUT2D eigenvalue weighted by Gasteiger charge is -2.06.